The summed E-state index contributed by atoms with van der Waals surface area (Å²) in [5, 5.41) is 9.88. The quantitative estimate of drug-likeness (QED) is 0.786. The first kappa shape index (κ1) is 19.1. The van der Waals surface area contributed by atoms with Gasteiger partial charge in [-0.3, -0.25) is 4.90 Å². The smallest absolute Gasteiger partial charge is 0.231 e. The molecule has 2 aliphatic heterocycles. The highest BCUT2D eigenvalue weighted by Gasteiger charge is 2.36. The summed E-state index contributed by atoms with van der Waals surface area (Å²) in [4.78, 5) is 13.5. The van der Waals surface area contributed by atoms with Crippen LogP contribution in [-0.4, -0.2) is 85.7 Å². The minimum Gasteiger partial charge on any atom is -0.481 e. The van der Waals surface area contributed by atoms with E-state index in [9.17, 15) is 5.11 Å². The number of ether oxygens (including phenoxy) is 3. The van der Waals surface area contributed by atoms with E-state index >= 15 is 0 Å². The summed E-state index contributed by atoms with van der Waals surface area (Å²) in [7, 11) is 3.16. The van der Waals surface area contributed by atoms with Crippen molar-refractivity contribution < 1.29 is 19.3 Å². The maximum absolute atomic E-state index is 9.88. The van der Waals surface area contributed by atoms with E-state index in [-0.39, 0.29) is 24.7 Å². The number of anilines is 1. The molecule has 0 saturated carbocycles. The number of rotatable bonds is 6. The van der Waals surface area contributed by atoms with Gasteiger partial charge in [0, 0.05) is 45.2 Å². The Balaban J connectivity index is 1.70. The van der Waals surface area contributed by atoms with Gasteiger partial charge < -0.3 is 24.2 Å². The molecule has 2 fully saturated rings. The van der Waals surface area contributed by atoms with Gasteiger partial charge in [0.2, 0.25) is 17.7 Å². The molecule has 8 nitrogen and oxygen atoms in total. The highest BCUT2D eigenvalue weighted by molar-refractivity contribution is 5.38. The van der Waals surface area contributed by atoms with Crippen LogP contribution in [0.25, 0.3) is 0 Å². The largest absolute Gasteiger partial charge is 0.481 e. The van der Waals surface area contributed by atoms with Crippen LogP contribution in [0.2, 0.25) is 0 Å². The lowest BCUT2D eigenvalue weighted by Crippen LogP contribution is -2.48. The van der Waals surface area contributed by atoms with Gasteiger partial charge >= 0.3 is 0 Å². The number of nitrogens with zero attached hydrogens (tertiary/aromatic N) is 4. The monoisotopic (exact) mass is 366 g/mol. The molecule has 0 bridgehead atoms. The van der Waals surface area contributed by atoms with Crippen LogP contribution in [0, 0.1) is 11.8 Å². The fourth-order valence-electron chi connectivity index (χ4n) is 4.02. The second kappa shape index (κ2) is 8.37. The van der Waals surface area contributed by atoms with Crippen LogP contribution < -0.4 is 14.4 Å². The normalized spacial score (nSPS) is 29.8. The zero-order valence-electron chi connectivity index (χ0n) is 16.1. The van der Waals surface area contributed by atoms with E-state index in [2.05, 4.69) is 33.6 Å². The van der Waals surface area contributed by atoms with Crippen molar-refractivity contribution in [2.24, 2.45) is 11.8 Å². The molecule has 0 unspecified atom stereocenters. The molecule has 1 N–H and O–H groups in total. The number of methoxy groups -OCH3 is 2. The third-order valence-corrected chi connectivity index (χ3v) is 5.17. The van der Waals surface area contributed by atoms with Crippen LogP contribution in [0.1, 0.15) is 13.8 Å². The van der Waals surface area contributed by atoms with Crippen LogP contribution in [0.4, 0.5) is 5.95 Å². The minimum atomic E-state index is 0.164. The second-order valence-corrected chi connectivity index (χ2v) is 7.34. The number of hydrogen-bond acceptors (Lipinski definition) is 8. The van der Waals surface area contributed by atoms with Gasteiger partial charge in [-0.25, -0.2) is 0 Å². The lowest BCUT2D eigenvalue weighted by atomic mass is 9.96. The Morgan fingerprint density at radius 1 is 1.04 bits per heavy atom. The van der Waals surface area contributed by atoms with Crippen molar-refractivity contribution in [3.05, 3.63) is 6.07 Å². The molecule has 0 aliphatic carbocycles. The maximum atomic E-state index is 9.88. The van der Waals surface area contributed by atoms with Gasteiger partial charge in [0.1, 0.15) is 0 Å². The van der Waals surface area contributed by atoms with E-state index in [1.165, 1.54) is 0 Å². The molecule has 8 heteroatoms. The Labute approximate surface area is 155 Å². The third kappa shape index (κ3) is 4.36. The third-order valence-electron chi connectivity index (χ3n) is 5.17. The van der Waals surface area contributed by atoms with Crippen LogP contribution in [-0.2, 0) is 4.74 Å². The van der Waals surface area contributed by atoms with Crippen LogP contribution in [0.15, 0.2) is 6.07 Å². The van der Waals surface area contributed by atoms with Crippen LogP contribution in [0.5, 0.6) is 11.8 Å². The Morgan fingerprint density at radius 2 is 1.62 bits per heavy atom. The number of aliphatic hydroxyl groups excluding tert-OH is 1. The van der Waals surface area contributed by atoms with Crippen LogP contribution >= 0.6 is 0 Å². The molecular formula is C18H30N4O4. The molecule has 2 saturated heterocycles. The predicted molar refractivity (Wildman–Crippen MR) is 97.9 cm³/mol. The second-order valence-electron chi connectivity index (χ2n) is 7.34. The molecule has 0 amide bonds. The molecule has 3 rings (SSSR count). The van der Waals surface area contributed by atoms with Gasteiger partial charge in [0.25, 0.3) is 0 Å². The van der Waals surface area contributed by atoms with Gasteiger partial charge in [-0.2, -0.15) is 9.97 Å². The molecule has 146 valence electrons. The van der Waals surface area contributed by atoms with Crippen molar-refractivity contribution in [2.75, 3.05) is 58.5 Å². The number of aliphatic hydroxyl groups is 1. The fraction of sp³-hybridized carbons (Fsp3) is 0.778. The first-order valence-electron chi connectivity index (χ1n) is 9.23. The van der Waals surface area contributed by atoms with E-state index in [4.69, 9.17) is 14.2 Å². The van der Waals surface area contributed by atoms with Crippen LogP contribution in [0.3, 0.4) is 0 Å². The Bertz CT molecular complexity index is 570. The highest BCUT2D eigenvalue weighted by Crippen LogP contribution is 2.30. The van der Waals surface area contributed by atoms with Crippen molar-refractivity contribution >= 4 is 5.95 Å². The molecule has 26 heavy (non-hydrogen) atoms. The Kier molecular flexibility index (Phi) is 6.16. The van der Waals surface area contributed by atoms with E-state index in [1.54, 1.807) is 20.3 Å². The average molecular weight is 366 g/mol. The summed E-state index contributed by atoms with van der Waals surface area (Å²) in [6, 6.07) is 1.66. The summed E-state index contributed by atoms with van der Waals surface area (Å²) in [5.41, 5.74) is 0. The van der Waals surface area contributed by atoms with Gasteiger partial charge in [-0.1, -0.05) is 0 Å². The molecule has 3 heterocycles. The van der Waals surface area contributed by atoms with Gasteiger partial charge in [-0.15, -0.1) is 0 Å². The lowest BCUT2D eigenvalue weighted by molar-refractivity contribution is -0.0725. The molecular weight excluding hydrogens is 336 g/mol. The predicted octanol–water partition coefficient (Wildman–Crippen LogP) is 0.648. The van der Waals surface area contributed by atoms with Crippen molar-refractivity contribution in [1.82, 2.24) is 14.9 Å². The minimum absolute atomic E-state index is 0.164. The SMILES string of the molecule is COc1cc(OC)nc(N2C[C@@H](CN3C[C@@H](C)O[C@@H](C)C3)[C@@H](CO)C2)n1. The number of aromatic nitrogens is 2. The van der Waals surface area contributed by atoms with E-state index in [1.807, 2.05) is 0 Å². The molecule has 0 aromatic carbocycles. The highest BCUT2D eigenvalue weighted by atomic mass is 16.5. The molecule has 0 radical (unpaired) electrons. The average Bonchev–Trinajstić information content (AvgIpc) is 3.03. The fourth-order valence-corrected chi connectivity index (χ4v) is 4.02. The lowest BCUT2D eigenvalue weighted by Gasteiger charge is -2.37. The van der Waals surface area contributed by atoms with Crippen molar-refractivity contribution in [2.45, 2.75) is 26.1 Å². The number of morpholine rings is 1. The number of hydrogen-bond donors (Lipinski definition) is 1. The van der Waals surface area contributed by atoms with Gasteiger partial charge in [-0.05, 0) is 19.8 Å². The standard InChI is InChI=1S/C18H30N4O4/c1-12-6-21(7-13(2)26-12)8-14-9-22(10-15(14)11-23)18-19-16(24-3)5-17(20-18)25-4/h5,12-15,23H,6-11H2,1-4H3/t12-,13+,14-,15-/m1/s1. The summed E-state index contributed by atoms with van der Waals surface area (Å²) in [6.07, 6.45) is 0.490. The zero-order valence-corrected chi connectivity index (χ0v) is 16.1. The van der Waals surface area contributed by atoms with E-state index < -0.39 is 0 Å². The summed E-state index contributed by atoms with van der Waals surface area (Å²) < 4.78 is 16.3. The Hall–Kier alpha value is -1.64. The maximum Gasteiger partial charge on any atom is 0.231 e. The molecule has 1 aromatic heterocycles. The Morgan fingerprint density at radius 3 is 2.15 bits per heavy atom. The van der Waals surface area contributed by atoms with Crippen molar-refractivity contribution in [3.8, 4) is 11.8 Å². The first-order valence-corrected chi connectivity index (χ1v) is 9.23. The summed E-state index contributed by atoms with van der Waals surface area (Å²) in [6.45, 7) is 8.74. The van der Waals surface area contributed by atoms with Gasteiger partial charge in [0.15, 0.2) is 0 Å². The summed E-state index contributed by atoms with van der Waals surface area (Å²) in [5.74, 6) is 2.10. The summed E-state index contributed by atoms with van der Waals surface area (Å²) >= 11 is 0. The molecule has 0 spiro atoms. The van der Waals surface area contributed by atoms with E-state index in [0.29, 0.717) is 23.6 Å². The first-order chi connectivity index (χ1) is 12.5. The zero-order chi connectivity index (χ0) is 18.7. The van der Waals surface area contributed by atoms with Gasteiger partial charge in [0.05, 0.1) is 32.5 Å². The van der Waals surface area contributed by atoms with Crippen molar-refractivity contribution in [1.29, 1.82) is 0 Å². The molecule has 2 aliphatic rings. The van der Waals surface area contributed by atoms with Crippen molar-refractivity contribution in [3.63, 3.8) is 0 Å². The molecule has 1 aromatic rings. The molecule has 4 atom stereocenters. The van der Waals surface area contributed by atoms with E-state index in [0.717, 1.165) is 32.7 Å². The topological polar surface area (TPSA) is 80.2 Å².